The van der Waals surface area contributed by atoms with E-state index >= 15 is 0 Å². The number of fused-ring (bicyclic) bond motifs is 2. The van der Waals surface area contributed by atoms with Gasteiger partial charge < -0.3 is 9.73 Å². The highest BCUT2D eigenvalue weighted by Gasteiger charge is 2.22. The number of thioether (sulfide) groups is 1. The lowest BCUT2D eigenvalue weighted by Gasteiger charge is -2.20. The number of rotatable bonds is 5. The van der Waals surface area contributed by atoms with E-state index in [4.69, 9.17) is 4.42 Å². The predicted molar refractivity (Wildman–Crippen MR) is 126 cm³/mol. The van der Waals surface area contributed by atoms with Gasteiger partial charge in [-0.3, -0.25) is 4.79 Å². The van der Waals surface area contributed by atoms with Crippen LogP contribution in [0.2, 0.25) is 0 Å². The zero-order chi connectivity index (χ0) is 20.3. The van der Waals surface area contributed by atoms with E-state index in [1.807, 2.05) is 60.3 Å². The van der Waals surface area contributed by atoms with E-state index < -0.39 is 0 Å². The number of furan rings is 1. The van der Waals surface area contributed by atoms with Crippen molar-refractivity contribution >= 4 is 45.1 Å². The second-order valence-electron chi connectivity index (χ2n) is 7.99. The quantitative estimate of drug-likeness (QED) is 0.369. The van der Waals surface area contributed by atoms with E-state index in [0.717, 1.165) is 38.7 Å². The average molecular weight is 416 g/mol. The van der Waals surface area contributed by atoms with Gasteiger partial charge in [-0.25, -0.2) is 0 Å². The second-order valence-corrected chi connectivity index (χ2v) is 9.28. The first-order chi connectivity index (χ1) is 14.8. The molecule has 1 heterocycles. The Bertz CT molecular complexity index is 1190. The first-order valence-electron chi connectivity index (χ1n) is 10.7. The Kier molecular flexibility index (Phi) is 5.50. The molecule has 1 aliphatic rings. The predicted octanol–water partition coefficient (Wildman–Crippen LogP) is 7.40. The highest BCUT2D eigenvalue weighted by atomic mass is 32.2. The van der Waals surface area contributed by atoms with Crippen molar-refractivity contribution in [2.75, 3.05) is 5.32 Å². The van der Waals surface area contributed by atoms with Crippen LogP contribution >= 0.6 is 11.8 Å². The van der Waals surface area contributed by atoms with Crippen LogP contribution in [0.3, 0.4) is 0 Å². The van der Waals surface area contributed by atoms with Crippen LogP contribution < -0.4 is 5.32 Å². The molecule has 4 heteroatoms. The number of nitrogens with one attached hydrogen (secondary N) is 1. The number of para-hydroxylation sites is 1. The number of carbonyl (C=O) groups is 1. The molecule has 3 aromatic carbocycles. The smallest absolute Gasteiger partial charge is 0.291 e. The van der Waals surface area contributed by atoms with E-state index in [-0.39, 0.29) is 5.91 Å². The highest BCUT2D eigenvalue weighted by molar-refractivity contribution is 7.99. The van der Waals surface area contributed by atoms with Crippen LogP contribution in [0.25, 0.3) is 21.7 Å². The van der Waals surface area contributed by atoms with Crippen molar-refractivity contribution in [3.05, 3.63) is 78.1 Å². The maximum Gasteiger partial charge on any atom is 0.291 e. The molecule has 1 aliphatic carbocycles. The summed E-state index contributed by atoms with van der Waals surface area (Å²) in [5.41, 5.74) is 2.57. The number of benzene rings is 3. The molecule has 4 aromatic rings. The van der Waals surface area contributed by atoms with Gasteiger partial charge in [-0.1, -0.05) is 67.8 Å². The zero-order valence-corrected chi connectivity index (χ0v) is 17.7. The molecule has 3 nitrogen and oxygen atoms in total. The topological polar surface area (TPSA) is 42.2 Å². The van der Waals surface area contributed by atoms with Crippen molar-refractivity contribution in [2.45, 2.75) is 43.1 Å². The van der Waals surface area contributed by atoms with Gasteiger partial charge in [-0.15, -0.1) is 0 Å². The van der Waals surface area contributed by atoms with Gasteiger partial charge in [0, 0.05) is 27.6 Å². The minimum absolute atomic E-state index is 0.180. The van der Waals surface area contributed by atoms with Gasteiger partial charge in [-0.05, 0) is 41.8 Å². The van der Waals surface area contributed by atoms with Crippen LogP contribution in [0.15, 0.2) is 71.1 Å². The first-order valence-corrected chi connectivity index (χ1v) is 11.7. The molecule has 5 rings (SSSR count). The van der Waals surface area contributed by atoms with Gasteiger partial charge in [0.05, 0.1) is 0 Å². The molecular weight excluding hydrogens is 390 g/mol. The lowest BCUT2D eigenvalue weighted by Crippen LogP contribution is -2.13. The van der Waals surface area contributed by atoms with Crippen LogP contribution in [-0.4, -0.2) is 11.2 Å². The molecule has 0 aliphatic heterocycles. The average Bonchev–Trinajstić information content (AvgIpc) is 3.17. The summed E-state index contributed by atoms with van der Waals surface area (Å²) < 4.78 is 6.04. The van der Waals surface area contributed by atoms with Gasteiger partial charge >= 0.3 is 0 Å². The van der Waals surface area contributed by atoms with E-state index in [1.165, 1.54) is 32.1 Å². The number of anilines is 1. The summed E-state index contributed by atoms with van der Waals surface area (Å²) in [5.74, 6) is 1.07. The Labute approximate surface area is 180 Å². The van der Waals surface area contributed by atoms with Crippen molar-refractivity contribution in [2.24, 2.45) is 0 Å². The fourth-order valence-corrected chi connectivity index (χ4v) is 5.67. The highest BCUT2D eigenvalue weighted by Crippen LogP contribution is 2.35. The molecule has 0 saturated heterocycles. The minimum atomic E-state index is -0.180. The Balaban J connectivity index is 1.42. The zero-order valence-electron chi connectivity index (χ0n) is 16.9. The molecular formula is C26H25NO2S. The molecule has 0 spiro atoms. The summed E-state index contributed by atoms with van der Waals surface area (Å²) >= 11 is 1.97. The van der Waals surface area contributed by atoms with Crippen molar-refractivity contribution in [3.8, 4) is 0 Å². The minimum Gasteiger partial charge on any atom is -0.451 e. The van der Waals surface area contributed by atoms with E-state index in [2.05, 4.69) is 23.5 Å². The molecule has 152 valence electrons. The summed E-state index contributed by atoms with van der Waals surface area (Å²) in [6, 6.07) is 22.1. The van der Waals surface area contributed by atoms with Crippen LogP contribution in [0, 0.1) is 0 Å². The largest absolute Gasteiger partial charge is 0.451 e. The monoisotopic (exact) mass is 415 g/mol. The summed E-state index contributed by atoms with van der Waals surface area (Å²) in [7, 11) is 0. The molecule has 1 N–H and O–H groups in total. The number of hydrogen-bond donors (Lipinski definition) is 1. The third-order valence-corrected chi connectivity index (χ3v) is 7.33. The summed E-state index contributed by atoms with van der Waals surface area (Å²) in [4.78, 5) is 13.2. The fraction of sp³-hybridized carbons (Fsp3) is 0.269. The summed E-state index contributed by atoms with van der Waals surface area (Å²) in [6.45, 7) is 0. The molecule has 1 saturated carbocycles. The van der Waals surface area contributed by atoms with Gasteiger partial charge in [-0.2, -0.15) is 11.8 Å². The van der Waals surface area contributed by atoms with Crippen molar-refractivity contribution in [1.29, 1.82) is 0 Å². The van der Waals surface area contributed by atoms with Crippen molar-refractivity contribution in [1.82, 2.24) is 0 Å². The molecule has 1 fully saturated rings. The van der Waals surface area contributed by atoms with Gasteiger partial charge in [0.25, 0.3) is 5.91 Å². The van der Waals surface area contributed by atoms with Gasteiger partial charge in [0.2, 0.25) is 0 Å². The van der Waals surface area contributed by atoms with E-state index in [9.17, 15) is 4.79 Å². The van der Waals surface area contributed by atoms with Crippen molar-refractivity contribution in [3.63, 3.8) is 0 Å². The molecule has 30 heavy (non-hydrogen) atoms. The standard InChI is InChI=1S/C26H25NO2S/c28-26(27-20-15-14-18-8-4-5-9-19(18)16-20)25-23(17-30-21-10-2-1-3-11-21)22-12-6-7-13-24(22)29-25/h4-9,12-16,21H,1-3,10-11,17H2,(H,27,28). The number of carbonyl (C=O) groups excluding carboxylic acids is 1. The Hall–Kier alpha value is -2.72. The second kappa shape index (κ2) is 8.57. The van der Waals surface area contributed by atoms with Gasteiger partial charge in [0.1, 0.15) is 5.58 Å². The summed E-state index contributed by atoms with van der Waals surface area (Å²) in [6.07, 6.45) is 6.54. The summed E-state index contributed by atoms with van der Waals surface area (Å²) in [5, 5.41) is 7.04. The maximum absolute atomic E-state index is 13.2. The first kappa shape index (κ1) is 19.3. The molecule has 0 atom stereocenters. The van der Waals surface area contributed by atoms with Crippen LogP contribution in [0.1, 0.15) is 48.2 Å². The number of amides is 1. The normalized spacial score (nSPS) is 14.9. The molecule has 0 radical (unpaired) electrons. The lowest BCUT2D eigenvalue weighted by atomic mass is 10.0. The Morgan fingerprint density at radius 1 is 0.933 bits per heavy atom. The molecule has 1 aromatic heterocycles. The third kappa shape index (κ3) is 3.97. The molecule has 0 bridgehead atoms. The van der Waals surface area contributed by atoms with Gasteiger partial charge in [0.15, 0.2) is 5.76 Å². The van der Waals surface area contributed by atoms with E-state index in [1.54, 1.807) is 0 Å². The SMILES string of the molecule is O=C(Nc1ccc2ccccc2c1)c1oc2ccccc2c1CSC1CCCCC1. The lowest BCUT2D eigenvalue weighted by molar-refractivity contribution is 0.0998. The van der Waals surface area contributed by atoms with Crippen LogP contribution in [0.5, 0.6) is 0 Å². The molecule has 0 unspecified atom stereocenters. The number of hydrogen-bond acceptors (Lipinski definition) is 3. The maximum atomic E-state index is 13.2. The van der Waals surface area contributed by atoms with Crippen LogP contribution in [0.4, 0.5) is 5.69 Å². The fourth-order valence-electron chi connectivity index (χ4n) is 4.31. The van der Waals surface area contributed by atoms with E-state index in [0.29, 0.717) is 11.0 Å². The van der Waals surface area contributed by atoms with Crippen molar-refractivity contribution < 1.29 is 9.21 Å². The molecule has 1 amide bonds. The van der Waals surface area contributed by atoms with Crippen LogP contribution in [-0.2, 0) is 5.75 Å². The Morgan fingerprint density at radius 2 is 1.70 bits per heavy atom. The Morgan fingerprint density at radius 3 is 2.57 bits per heavy atom. The third-order valence-electron chi connectivity index (χ3n) is 5.93.